The average molecular weight is 410 g/mol. The Morgan fingerprint density at radius 1 is 1.30 bits per heavy atom. The molecule has 2 amide bonds. The van der Waals surface area contributed by atoms with Crippen molar-refractivity contribution in [1.29, 1.82) is 0 Å². The fourth-order valence-electron chi connectivity index (χ4n) is 3.91. The Balaban J connectivity index is 1.73. The zero-order valence-electron chi connectivity index (χ0n) is 16.4. The molecule has 5 rings (SSSR count). The number of pyridine rings is 1. The van der Waals surface area contributed by atoms with Crippen LogP contribution in [0.5, 0.6) is 0 Å². The van der Waals surface area contributed by atoms with Crippen LogP contribution in [0, 0.1) is 5.82 Å². The second kappa shape index (κ2) is 6.48. The Morgan fingerprint density at radius 2 is 2.13 bits per heavy atom. The number of rotatable bonds is 0. The second-order valence-corrected chi connectivity index (χ2v) is 8.10. The van der Waals surface area contributed by atoms with Gasteiger partial charge in [-0.25, -0.2) is 18.7 Å². The third kappa shape index (κ3) is 2.95. The number of anilines is 1. The van der Waals surface area contributed by atoms with Crippen molar-refractivity contribution in [3.8, 4) is 0 Å². The van der Waals surface area contributed by atoms with Gasteiger partial charge in [0.1, 0.15) is 29.8 Å². The number of nitrogens with one attached hydrogen (secondary N) is 1. The number of hydrogen-bond donors (Lipinski definition) is 1. The summed E-state index contributed by atoms with van der Waals surface area (Å²) in [7, 11) is 0. The van der Waals surface area contributed by atoms with E-state index >= 15 is 0 Å². The van der Waals surface area contributed by atoms with Crippen molar-refractivity contribution in [3.63, 3.8) is 0 Å². The van der Waals surface area contributed by atoms with E-state index in [0.29, 0.717) is 41.1 Å². The molecule has 2 bridgehead atoms. The average Bonchev–Trinajstić information content (AvgIpc) is 3.29. The highest BCUT2D eigenvalue weighted by Crippen LogP contribution is 2.35. The van der Waals surface area contributed by atoms with Gasteiger partial charge in [0.25, 0.3) is 5.91 Å². The van der Waals surface area contributed by atoms with Crippen molar-refractivity contribution in [2.45, 2.75) is 38.3 Å². The molecule has 1 N–H and O–H groups in total. The fraction of sp³-hybridized carbons (Fsp3) is 0.350. The lowest BCUT2D eigenvalue weighted by Gasteiger charge is -2.27. The molecule has 2 aliphatic rings. The molecule has 0 saturated carbocycles. The summed E-state index contributed by atoms with van der Waals surface area (Å²) in [5, 5.41) is 7.19. The first kappa shape index (κ1) is 18.5. The standard InChI is InChI=1S/C20H19FN6O3/c1-20(2)5-3-14-12(7-11(21)8-22-14)15-10-30-19(29)27(15)16-4-6-26-17(24-16)13(9-23-26)18(28)25-20/h4,6-9,15H,3,5,10H2,1-2H3,(H,25,28). The molecule has 1 fully saturated rings. The minimum Gasteiger partial charge on any atom is -0.447 e. The lowest BCUT2D eigenvalue weighted by Crippen LogP contribution is -2.43. The first-order valence-corrected chi connectivity index (χ1v) is 9.60. The van der Waals surface area contributed by atoms with Crippen molar-refractivity contribution in [3.05, 3.63) is 53.4 Å². The summed E-state index contributed by atoms with van der Waals surface area (Å²) in [5.74, 6) is -0.517. The number of cyclic esters (lactones) is 1. The monoisotopic (exact) mass is 410 g/mol. The summed E-state index contributed by atoms with van der Waals surface area (Å²) in [4.78, 5) is 35.7. The molecular formula is C20H19FN6O3. The van der Waals surface area contributed by atoms with Crippen molar-refractivity contribution in [1.82, 2.24) is 24.9 Å². The number of aryl methyl sites for hydroxylation is 1. The number of carbonyl (C=O) groups excluding carboxylic acids is 2. The molecule has 0 radical (unpaired) electrons. The first-order valence-electron chi connectivity index (χ1n) is 9.60. The molecule has 30 heavy (non-hydrogen) atoms. The summed E-state index contributed by atoms with van der Waals surface area (Å²) >= 11 is 0. The van der Waals surface area contributed by atoms with Gasteiger partial charge in [0, 0.05) is 23.0 Å². The van der Waals surface area contributed by atoms with Crippen LogP contribution in [0.25, 0.3) is 5.65 Å². The molecule has 5 heterocycles. The third-order valence-corrected chi connectivity index (χ3v) is 5.49. The smallest absolute Gasteiger partial charge is 0.416 e. The SMILES string of the molecule is CC1(C)CCc2ncc(F)cc2C2COC(=O)N2c2ccn3ncc(c3n2)C(=O)N1. The molecule has 10 heteroatoms. The van der Waals surface area contributed by atoms with Crippen LogP contribution in [0.4, 0.5) is 15.0 Å². The zero-order chi connectivity index (χ0) is 21.0. The number of halogens is 1. The Kier molecular flexibility index (Phi) is 3.99. The van der Waals surface area contributed by atoms with E-state index in [4.69, 9.17) is 4.74 Å². The van der Waals surface area contributed by atoms with Crippen LogP contribution in [0.15, 0.2) is 30.7 Å². The highest BCUT2D eigenvalue weighted by Gasteiger charge is 2.39. The van der Waals surface area contributed by atoms with E-state index in [2.05, 4.69) is 20.4 Å². The number of ether oxygens (including phenoxy) is 1. The molecule has 1 unspecified atom stereocenters. The van der Waals surface area contributed by atoms with Crippen LogP contribution in [-0.4, -0.2) is 43.7 Å². The van der Waals surface area contributed by atoms with E-state index in [-0.39, 0.29) is 12.5 Å². The van der Waals surface area contributed by atoms with Crippen molar-refractivity contribution in [2.24, 2.45) is 0 Å². The lowest BCUT2D eigenvalue weighted by molar-refractivity contribution is 0.0910. The Bertz CT molecular complexity index is 1190. The van der Waals surface area contributed by atoms with E-state index in [0.717, 1.165) is 6.20 Å². The molecule has 1 atom stereocenters. The number of carbonyl (C=O) groups is 2. The van der Waals surface area contributed by atoms with Crippen LogP contribution in [-0.2, 0) is 11.2 Å². The van der Waals surface area contributed by atoms with Gasteiger partial charge >= 0.3 is 6.09 Å². The maximum Gasteiger partial charge on any atom is 0.416 e. The molecule has 2 aliphatic heterocycles. The van der Waals surface area contributed by atoms with Crippen molar-refractivity contribution in [2.75, 3.05) is 11.5 Å². The van der Waals surface area contributed by atoms with Gasteiger partial charge in [-0.3, -0.25) is 14.7 Å². The molecule has 0 spiro atoms. The largest absolute Gasteiger partial charge is 0.447 e. The maximum absolute atomic E-state index is 14.1. The molecule has 3 aromatic rings. The van der Waals surface area contributed by atoms with Crippen molar-refractivity contribution >= 4 is 23.5 Å². The molecule has 9 nitrogen and oxygen atoms in total. The number of nitrogens with zero attached hydrogens (tertiary/aromatic N) is 5. The second-order valence-electron chi connectivity index (χ2n) is 8.10. The quantitative estimate of drug-likeness (QED) is 0.611. The number of amides is 2. The summed E-state index contributed by atoms with van der Waals surface area (Å²) < 4.78 is 20.9. The van der Waals surface area contributed by atoms with Crippen LogP contribution >= 0.6 is 0 Å². The van der Waals surface area contributed by atoms with Gasteiger partial charge in [-0.2, -0.15) is 5.10 Å². The minimum atomic E-state index is -0.590. The highest BCUT2D eigenvalue weighted by molar-refractivity contribution is 6.00. The lowest BCUT2D eigenvalue weighted by atomic mass is 9.93. The molecule has 154 valence electrons. The Hall–Kier alpha value is -3.56. The first-order chi connectivity index (χ1) is 14.3. The Morgan fingerprint density at radius 3 is 2.97 bits per heavy atom. The van der Waals surface area contributed by atoms with Crippen LogP contribution < -0.4 is 10.2 Å². The van der Waals surface area contributed by atoms with Gasteiger partial charge in [-0.1, -0.05) is 0 Å². The number of aromatic nitrogens is 4. The molecular weight excluding hydrogens is 391 g/mol. The summed E-state index contributed by atoms with van der Waals surface area (Å²) in [6.45, 7) is 3.87. The van der Waals surface area contributed by atoms with E-state index < -0.39 is 23.5 Å². The van der Waals surface area contributed by atoms with Gasteiger partial charge in [0.05, 0.1) is 12.4 Å². The predicted octanol–water partition coefficient (Wildman–Crippen LogP) is 2.42. The van der Waals surface area contributed by atoms with Gasteiger partial charge in [-0.15, -0.1) is 0 Å². The van der Waals surface area contributed by atoms with Gasteiger partial charge in [-0.05, 0) is 38.8 Å². The topological polar surface area (TPSA) is 102 Å². The van der Waals surface area contributed by atoms with Gasteiger partial charge in [0.2, 0.25) is 0 Å². The van der Waals surface area contributed by atoms with Crippen LogP contribution in [0.1, 0.15) is 47.9 Å². The molecule has 3 aromatic heterocycles. The van der Waals surface area contributed by atoms with Gasteiger partial charge in [0.15, 0.2) is 5.65 Å². The van der Waals surface area contributed by atoms with Crippen LogP contribution in [0.2, 0.25) is 0 Å². The van der Waals surface area contributed by atoms with E-state index in [9.17, 15) is 14.0 Å². The predicted molar refractivity (Wildman–Crippen MR) is 104 cm³/mol. The van der Waals surface area contributed by atoms with E-state index in [1.165, 1.54) is 21.7 Å². The number of fused-ring (bicyclic) bond motifs is 5. The summed E-state index contributed by atoms with van der Waals surface area (Å²) in [6.07, 6.45) is 4.67. The normalized spacial score (nSPS) is 20.6. The van der Waals surface area contributed by atoms with E-state index in [1.807, 2.05) is 13.8 Å². The fourth-order valence-corrected chi connectivity index (χ4v) is 3.91. The summed E-state index contributed by atoms with van der Waals surface area (Å²) in [5.41, 5.74) is 1.27. The minimum absolute atomic E-state index is 0.0521. The summed E-state index contributed by atoms with van der Waals surface area (Å²) in [6, 6.07) is 2.41. The number of hydrogen-bond acceptors (Lipinski definition) is 6. The maximum atomic E-state index is 14.1. The van der Waals surface area contributed by atoms with Gasteiger partial charge < -0.3 is 10.1 Å². The highest BCUT2D eigenvalue weighted by atomic mass is 19.1. The van der Waals surface area contributed by atoms with E-state index in [1.54, 1.807) is 12.3 Å². The zero-order valence-corrected chi connectivity index (χ0v) is 16.4. The molecule has 0 aromatic carbocycles. The van der Waals surface area contributed by atoms with Crippen LogP contribution in [0.3, 0.4) is 0 Å². The van der Waals surface area contributed by atoms with Crippen molar-refractivity contribution < 1.29 is 18.7 Å². The Labute approximate surface area is 170 Å². The third-order valence-electron chi connectivity index (χ3n) is 5.49. The molecule has 1 saturated heterocycles. The molecule has 0 aliphatic carbocycles.